The summed E-state index contributed by atoms with van der Waals surface area (Å²) in [5, 5.41) is 3.28. The fourth-order valence-corrected chi connectivity index (χ4v) is 2.16. The van der Waals surface area contributed by atoms with Gasteiger partial charge in [-0.2, -0.15) is 13.2 Å². The summed E-state index contributed by atoms with van der Waals surface area (Å²) in [7, 11) is 0. The van der Waals surface area contributed by atoms with Crippen molar-refractivity contribution >= 4 is 17.4 Å². The number of rotatable bonds is 6. The van der Waals surface area contributed by atoms with E-state index < -0.39 is 5.51 Å². The summed E-state index contributed by atoms with van der Waals surface area (Å²) in [4.78, 5) is 0.217. The zero-order valence-electron chi connectivity index (χ0n) is 10.6. The minimum atomic E-state index is -4.22. The van der Waals surface area contributed by atoms with Crippen molar-refractivity contribution < 1.29 is 13.2 Å². The molecule has 1 nitrogen and oxygen atoms in total. The van der Waals surface area contributed by atoms with Crippen LogP contribution in [0.15, 0.2) is 29.2 Å². The van der Waals surface area contributed by atoms with E-state index in [1.807, 2.05) is 0 Å². The standard InChI is InChI=1S/C13H18F3NS/c1-3-4-5-10(2)17-11-6-8-12(9-7-11)18-13(14,15)16/h6-10,17H,3-5H2,1-2H3. The number of hydrogen-bond donors (Lipinski definition) is 1. The van der Waals surface area contributed by atoms with Gasteiger partial charge in [-0.25, -0.2) is 0 Å². The van der Waals surface area contributed by atoms with E-state index >= 15 is 0 Å². The van der Waals surface area contributed by atoms with E-state index in [2.05, 4.69) is 19.2 Å². The van der Waals surface area contributed by atoms with Gasteiger partial charge in [-0.1, -0.05) is 19.8 Å². The second-order valence-electron chi connectivity index (χ2n) is 4.26. The fourth-order valence-electron chi connectivity index (χ4n) is 1.62. The molecule has 0 aromatic heterocycles. The number of unbranched alkanes of at least 4 members (excludes halogenated alkanes) is 1. The second-order valence-corrected chi connectivity index (χ2v) is 5.40. The molecule has 1 rings (SSSR count). The molecule has 0 fully saturated rings. The van der Waals surface area contributed by atoms with Gasteiger partial charge in [-0.15, -0.1) is 0 Å². The Morgan fingerprint density at radius 1 is 1.22 bits per heavy atom. The maximum atomic E-state index is 12.1. The van der Waals surface area contributed by atoms with E-state index in [4.69, 9.17) is 0 Å². The molecule has 1 aromatic rings. The van der Waals surface area contributed by atoms with Crippen molar-refractivity contribution in [3.63, 3.8) is 0 Å². The molecule has 1 atom stereocenters. The molecular weight excluding hydrogens is 259 g/mol. The van der Waals surface area contributed by atoms with Crippen LogP contribution >= 0.6 is 11.8 Å². The highest BCUT2D eigenvalue weighted by Gasteiger charge is 2.28. The van der Waals surface area contributed by atoms with Gasteiger partial charge in [0, 0.05) is 16.6 Å². The first-order valence-electron chi connectivity index (χ1n) is 6.03. The first kappa shape index (κ1) is 15.2. The Kier molecular flexibility index (Phi) is 5.85. The van der Waals surface area contributed by atoms with Crippen molar-refractivity contribution in [1.82, 2.24) is 0 Å². The molecule has 5 heteroatoms. The lowest BCUT2D eigenvalue weighted by atomic mass is 10.1. The molecule has 0 saturated carbocycles. The predicted octanol–water partition coefficient (Wildman–Crippen LogP) is 5.29. The molecule has 102 valence electrons. The van der Waals surface area contributed by atoms with Crippen molar-refractivity contribution in [2.75, 3.05) is 5.32 Å². The third-order valence-corrected chi connectivity index (χ3v) is 3.23. The Balaban J connectivity index is 2.50. The molecule has 1 aromatic carbocycles. The Labute approximate surface area is 110 Å². The topological polar surface area (TPSA) is 12.0 Å². The summed E-state index contributed by atoms with van der Waals surface area (Å²) in [6, 6.07) is 6.71. The SMILES string of the molecule is CCCCC(C)Nc1ccc(SC(F)(F)F)cc1. The second kappa shape index (κ2) is 6.92. The van der Waals surface area contributed by atoms with Gasteiger partial charge < -0.3 is 5.32 Å². The lowest BCUT2D eigenvalue weighted by Crippen LogP contribution is -2.14. The van der Waals surface area contributed by atoms with Crippen LogP contribution in [0.3, 0.4) is 0 Å². The average molecular weight is 277 g/mol. The zero-order valence-corrected chi connectivity index (χ0v) is 11.4. The summed E-state index contributed by atoms with van der Waals surface area (Å²) < 4.78 is 36.4. The Hall–Kier alpha value is -0.840. The quantitative estimate of drug-likeness (QED) is 0.709. The zero-order chi connectivity index (χ0) is 13.6. The van der Waals surface area contributed by atoms with Crippen molar-refractivity contribution in [3.05, 3.63) is 24.3 Å². The lowest BCUT2D eigenvalue weighted by Gasteiger charge is -2.15. The van der Waals surface area contributed by atoms with E-state index in [9.17, 15) is 13.2 Å². The number of nitrogens with one attached hydrogen (secondary N) is 1. The third-order valence-electron chi connectivity index (χ3n) is 2.49. The molecular formula is C13H18F3NS. The van der Waals surface area contributed by atoms with Gasteiger partial charge in [0.15, 0.2) is 0 Å². The van der Waals surface area contributed by atoms with Gasteiger partial charge in [-0.3, -0.25) is 0 Å². The van der Waals surface area contributed by atoms with E-state index in [0.29, 0.717) is 6.04 Å². The summed E-state index contributed by atoms with van der Waals surface area (Å²) in [6.45, 7) is 4.21. The van der Waals surface area contributed by atoms with Crippen molar-refractivity contribution in [2.24, 2.45) is 0 Å². The Bertz CT molecular complexity index is 348. The number of alkyl halides is 3. The average Bonchev–Trinajstić information content (AvgIpc) is 2.27. The van der Waals surface area contributed by atoms with Crippen molar-refractivity contribution in [1.29, 1.82) is 0 Å². The van der Waals surface area contributed by atoms with Crippen LogP contribution in [0.4, 0.5) is 18.9 Å². The highest BCUT2D eigenvalue weighted by Crippen LogP contribution is 2.37. The minimum Gasteiger partial charge on any atom is -0.383 e. The predicted molar refractivity (Wildman–Crippen MR) is 71.0 cm³/mol. The van der Waals surface area contributed by atoms with Crippen molar-refractivity contribution in [2.45, 2.75) is 49.6 Å². The molecule has 0 aliphatic rings. The van der Waals surface area contributed by atoms with Gasteiger partial charge in [0.05, 0.1) is 0 Å². The number of anilines is 1. The smallest absolute Gasteiger partial charge is 0.383 e. The summed E-state index contributed by atoms with van der Waals surface area (Å²) in [5.74, 6) is 0. The van der Waals surface area contributed by atoms with E-state index in [1.165, 1.54) is 12.1 Å². The van der Waals surface area contributed by atoms with Crippen LogP contribution < -0.4 is 5.32 Å². The number of benzene rings is 1. The summed E-state index contributed by atoms with van der Waals surface area (Å²) >= 11 is -0.0856. The molecule has 0 heterocycles. The Morgan fingerprint density at radius 3 is 2.33 bits per heavy atom. The molecule has 0 aliphatic carbocycles. The largest absolute Gasteiger partial charge is 0.446 e. The van der Waals surface area contributed by atoms with Crippen LogP contribution in [-0.2, 0) is 0 Å². The van der Waals surface area contributed by atoms with E-state index in [1.54, 1.807) is 12.1 Å². The first-order chi connectivity index (χ1) is 8.40. The lowest BCUT2D eigenvalue weighted by molar-refractivity contribution is -0.0328. The third kappa shape index (κ3) is 6.19. The molecule has 0 bridgehead atoms. The maximum absolute atomic E-state index is 12.1. The van der Waals surface area contributed by atoms with Crippen LogP contribution in [0.25, 0.3) is 0 Å². The van der Waals surface area contributed by atoms with E-state index in [0.717, 1.165) is 24.9 Å². The van der Waals surface area contributed by atoms with Gasteiger partial charge in [-0.05, 0) is 49.4 Å². The van der Waals surface area contributed by atoms with Crippen LogP contribution in [0.5, 0.6) is 0 Å². The minimum absolute atomic E-state index is 0.0856. The summed E-state index contributed by atoms with van der Waals surface area (Å²) in [5.41, 5.74) is -3.35. The van der Waals surface area contributed by atoms with Gasteiger partial charge in [0.25, 0.3) is 0 Å². The van der Waals surface area contributed by atoms with Crippen LogP contribution in [0, 0.1) is 0 Å². The molecule has 18 heavy (non-hydrogen) atoms. The number of halogens is 3. The van der Waals surface area contributed by atoms with Crippen LogP contribution in [-0.4, -0.2) is 11.6 Å². The molecule has 0 spiro atoms. The van der Waals surface area contributed by atoms with Gasteiger partial charge >= 0.3 is 5.51 Å². The Morgan fingerprint density at radius 2 is 1.83 bits per heavy atom. The number of thioether (sulfide) groups is 1. The van der Waals surface area contributed by atoms with Gasteiger partial charge in [0.1, 0.15) is 0 Å². The monoisotopic (exact) mass is 277 g/mol. The molecule has 1 unspecified atom stereocenters. The highest BCUT2D eigenvalue weighted by molar-refractivity contribution is 8.00. The summed E-state index contributed by atoms with van der Waals surface area (Å²) in [6.07, 6.45) is 3.36. The highest BCUT2D eigenvalue weighted by atomic mass is 32.2. The number of hydrogen-bond acceptors (Lipinski definition) is 2. The maximum Gasteiger partial charge on any atom is 0.446 e. The van der Waals surface area contributed by atoms with Gasteiger partial charge in [0.2, 0.25) is 0 Å². The molecule has 0 saturated heterocycles. The molecule has 0 amide bonds. The first-order valence-corrected chi connectivity index (χ1v) is 6.84. The van der Waals surface area contributed by atoms with E-state index in [-0.39, 0.29) is 16.7 Å². The van der Waals surface area contributed by atoms with Crippen molar-refractivity contribution in [3.8, 4) is 0 Å². The normalized spacial score (nSPS) is 13.4. The van der Waals surface area contributed by atoms with Crippen LogP contribution in [0.1, 0.15) is 33.1 Å². The van der Waals surface area contributed by atoms with Crippen LogP contribution in [0.2, 0.25) is 0 Å². The molecule has 0 radical (unpaired) electrons. The molecule has 0 aliphatic heterocycles. The molecule has 1 N–H and O–H groups in total. The fraction of sp³-hybridized carbons (Fsp3) is 0.538.